The van der Waals surface area contributed by atoms with Crippen molar-refractivity contribution >= 4 is 24.0 Å². The van der Waals surface area contributed by atoms with E-state index in [1.54, 1.807) is 18.3 Å². The van der Waals surface area contributed by atoms with Crippen LogP contribution in [0.5, 0.6) is 0 Å². The molecule has 2 rings (SSSR count). The number of amides is 1. The van der Waals surface area contributed by atoms with E-state index in [2.05, 4.69) is 10.4 Å². The molecule has 0 unspecified atom stereocenters. The number of hydrogen-bond acceptors (Lipinski definition) is 5. The van der Waals surface area contributed by atoms with E-state index in [0.29, 0.717) is 17.8 Å². The van der Waals surface area contributed by atoms with Crippen LogP contribution in [0.2, 0.25) is 0 Å². The highest BCUT2D eigenvalue weighted by atomic mass is 35.5. The highest BCUT2D eigenvalue weighted by Crippen LogP contribution is 2.15. The molecule has 1 aromatic carbocycles. The molecular formula is C16H22ClN5O3. The fourth-order valence-corrected chi connectivity index (χ4v) is 2.17. The number of halogens is 1. The third-order valence-corrected chi connectivity index (χ3v) is 4.18. The van der Waals surface area contributed by atoms with Crippen molar-refractivity contribution in [3.63, 3.8) is 0 Å². The first-order valence-electron chi connectivity index (χ1n) is 7.75. The molecular weight excluding hydrogens is 346 g/mol. The minimum atomic E-state index is -0.466. The standard InChI is InChI=1S/C16H21N5O3.ClH/c1-3-16(17,4-2)11-18-15(22)12-9-19-20(10-12)13-5-7-14(8-6-13)21(23)24;/h5-10H,3-4,11,17H2,1-2H3,(H,18,22);1H. The minimum Gasteiger partial charge on any atom is -0.350 e. The number of nitro benzene ring substituents is 1. The second-order valence-corrected chi connectivity index (χ2v) is 5.70. The first-order chi connectivity index (χ1) is 11.4. The second-order valence-electron chi connectivity index (χ2n) is 5.70. The molecule has 0 fully saturated rings. The molecule has 0 aliphatic carbocycles. The Balaban J connectivity index is 0.00000312. The molecule has 3 N–H and O–H groups in total. The Hall–Kier alpha value is -2.45. The van der Waals surface area contributed by atoms with E-state index >= 15 is 0 Å². The van der Waals surface area contributed by atoms with Crippen LogP contribution in [0.15, 0.2) is 36.7 Å². The van der Waals surface area contributed by atoms with Crippen molar-refractivity contribution in [1.82, 2.24) is 15.1 Å². The summed E-state index contributed by atoms with van der Waals surface area (Å²) in [7, 11) is 0. The molecule has 9 heteroatoms. The van der Waals surface area contributed by atoms with Crippen molar-refractivity contribution in [3.05, 3.63) is 52.3 Å². The summed E-state index contributed by atoms with van der Waals surface area (Å²) >= 11 is 0. The Morgan fingerprint density at radius 3 is 2.44 bits per heavy atom. The number of carbonyl (C=O) groups is 1. The first-order valence-corrected chi connectivity index (χ1v) is 7.75. The van der Waals surface area contributed by atoms with Crippen molar-refractivity contribution in [2.75, 3.05) is 6.54 Å². The monoisotopic (exact) mass is 367 g/mol. The second kappa shape index (κ2) is 8.59. The van der Waals surface area contributed by atoms with E-state index in [0.717, 1.165) is 12.8 Å². The van der Waals surface area contributed by atoms with Crippen LogP contribution in [0, 0.1) is 10.1 Å². The van der Waals surface area contributed by atoms with Gasteiger partial charge in [-0.1, -0.05) is 13.8 Å². The Bertz CT molecular complexity index is 726. The molecule has 0 radical (unpaired) electrons. The molecule has 0 spiro atoms. The minimum absolute atomic E-state index is 0. The number of nitrogens with zero attached hydrogens (tertiary/aromatic N) is 3. The highest BCUT2D eigenvalue weighted by molar-refractivity contribution is 5.93. The zero-order valence-electron chi connectivity index (χ0n) is 14.1. The van der Waals surface area contributed by atoms with Gasteiger partial charge in [0.1, 0.15) is 0 Å². The van der Waals surface area contributed by atoms with Crippen LogP contribution in [0.25, 0.3) is 5.69 Å². The number of non-ortho nitro benzene ring substituents is 1. The van der Waals surface area contributed by atoms with E-state index in [1.165, 1.54) is 23.0 Å². The van der Waals surface area contributed by atoms with E-state index in [4.69, 9.17) is 5.73 Å². The summed E-state index contributed by atoms with van der Waals surface area (Å²) in [5.74, 6) is -0.250. The Morgan fingerprint density at radius 2 is 1.92 bits per heavy atom. The number of nitrogens with two attached hydrogens (primary N) is 1. The number of aromatic nitrogens is 2. The predicted molar refractivity (Wildman–Crippen MR) is 97.3 cm³/mol. The third kappa shape index (κ3) is 5.01. The average molecular weight is 368 g/mol. The molecule has 1 amide bonds. The maximum atomic E-state index is 12.2. The number of rotatable bonds is 7. The molecule has 136 valence electrons. The summed E-state index contributed by atoms with van der Waals surface area (Å²) in [5.41, 5.74) is 6.80. The number of nitro groups is 1. The molecule has 1 heterocycles. The number of nitrogens with one attached hydrogen (secondary N) is 1. The van der Waals surface area contributed by atoms with Crippen molar-refractivity contribution in [2.45, 2.75) is 32.2 Å². The molecule has 0 saturated heterocycles. The van der Waals surface area contributed by atoms with E-state index < -0.39 is 10.5 Å². The smallest absolute Gasteiger partial charge is 0.269 e. The van der Waals surface area contributed by atoms with Crippen LogP contribution in [0.1, 0.15) is 37.0 Å². The van der Waals surface area contributed by atoms with Gasteiger partial charge in [-0.15, -0.1) is 12.4 Å². The highest BCUT2D eigenvalue weighted by Gasteiger charge is 2.21. The lowest BCUT2D eigenvalue weighted by atomic mass is 9.94. The van der Waals surface area contributed by atoms with Gasteiger partial charge in [0.15, 0.2) is 0 Å². The number of hydrogen-bond donors (Lipinski definition) is 2. The fourth-order valence-electron chi connectivity index (χ4n) is 2.17. The fraction of sp³-hybridized carbons (Fsp3) is 0.375. The summed E-state index contributed by atoms with van der Waals surface area (Å²) in [4.78, 5) is 22.4. The van der Waals surface area contributed by atoms with Crippen LogP contribution >= 0.6 is 12.4 Å². The van der Waals surface area contributed by atoms with Crippen LogP contribution in [0.4, 0.5) is 5.69 Å². The quantitative estimate of drug-likeness (QED) is 0.576. The van der Waals surface area contributed by atoms with Gasteiger partial charge in [0.25, 0.3) is 11.6 Å². The van der Waals surface area contributed by atoms with Crippen LogP contribution in [-0.2, 0) is 0 Å². The van der Waals surface area contributed by atoms with Crippen molar-refractivity contribution in [3.8, 4) is 5.69 Å². The van der Waals surface area contributed by atoms with Crippen molar-refractivity contribution < 1.29 is 9.72 Å². The summed E-state index contributed by atoms with van der Waals surface area (Å²) < 4.78 is 1.49. The van der Waals surface area contributed by atoms with Gasteiger partial charge >= 0.3 is 0 Å². The largest absolute Gasteiger partial charge is 0.350 e. The van der Waals surface area contributed by atoms with Crippen LogP contribution in [-0.4, -0.2) is 32.7 Å². The molecule has 0 atom stereocenters. The normalized spacial score (nSPS) is 10.8. The summed E-state index contributed by atoms with van der Waals surface area (Å²) in [6.45, 7) is 4.37. The van der Waals surface area contributed by atoms with Gasteiger partial charge in [-0.3, -0.25) is 14.9 Å². The van der Waals surface area contributed by atoms with Gasteiger partial charge in [0.2, 0.25) is 0 Å². The zero-order chi connectivity index (χ0) is 17.7. The Kier molecular flexibility index (Phi) is 7.08. The lowest BCUT2D eigenvalue weighted by molar-refractivity contribution is -0.384. The topological polar surface area (TPSA) is 116 Å². The third-order valence-electron chi connectivity index (χ3n) is 4.18. The maximum absolute atomic E-state index is 12.2. The predicted octanol–water partition coefficient (Wildman–Crippen LogP) is 2.45. The molecule has 0 aliphatic rings. The lowest BCUT2D eigenvalue weighted by Gasteiger charge is -2.26. The first kappa shape index (κ1) is 20.6. The summed E-state index contributed by atoms with van der Waals surface area (Å²) in [6, 6.07) is 5.93. The van der Waals surface area contributed by atoms with Gasteiger partial charge in [-0.25, -0.2) is 4.68 Å². The Morgan fingerprint density at radius 1 is 1.32 bits per heavy atom. The molecule has 0 saturated carbocycles. The van der Waals surface area contributed by atoms with Gasteiger partial charge in [0.05, 0.1) is 22.4 Å². The van der Waals surface area contributed by atoms with Gasteiger partial charge in [-0.2, -0.15) is 5.10 Å². The lowest BCUT2D eigenvalue weighted by Crippen LogP contribution is -2.49. The molecule has 25 heavy (non-hydrogen) atoms. The Labute approximate surface area is 152 Å². The van der Waals surface area contributed by atoms with Gasteiger partial charge in [-0.05, 0) is 25.0 Å². The van der Waals surface area contributed by atoms with Crippen LogP contribution < -0.4 is 11.1 Å². The van der Waals surface area contributed by atoms with Crippen LogP contribution in [0.3, 0.4) is 0 Å². The summed E-state index contributed by atoms with van der Waals surface area (Å²) in [5, 5.41) is 17.6. The molecule has 8 nitrogen and oxygen atoms in total. The zero-order valence-corrected chi connectivity index (χ0v) is 15.0. The van der Waals surface area contributed by atoms with E-state index in [9.17, 15) is 14.9 Å². The van der Waals surface area contributed by atoms with Gasteiger partial charge < -0.3 is 11.1 Å². The molecule has 0 aliphatic heterocycles. The SMILES string of the molecule is CCC(N)(CC)CNC(=O)c1cnn(-c2ccc([N+](=O)[O-])cc2)c1.Cl. The average Bonchev–Trinajstić information content (AvgIpc) is 3.09. The number of carbonyl (C=O) groups excluding carboxylic acids is 1. The van der Waals surface area contributed by atoms with Crippen molar-refractivity contribution in [1.29, 1.82) is 0 Å². The van der Waals surface area contributed by atoms with Gasteiger partial charge in [0, 0.05) is 30.4 Å². The molecule has 2 aromatic rings. The van der Waals surface area contributed by atoms with E-state index in [1.807, 2.05) is 13.8 Å². The van der Waals surface area contributed by atoms with E-state index in [-0.39, 0.29) is 24.0 Å². The maximum Gasteiger partial charge on any atom is 0.269 e. The molecule has 0 bridgehead atoms. The van der Waals surface area contributed by atoms with Crippen molar-refractivity contribution in [2.24, 2.45) is 5.73 Å². The number of benzene rings is 1. The summed E-state index contributed by atoms with van der Waals surface area (Å²) in [6.07, 6.45) is 4.57. The molecule has 1 aromatic heterocycles.